The Morgan fingerprint density at radius 1 is 1.19 bits per heavy atom. The predicted molar refractivity (Wildman–Crippen MR) is 78.6 cm³/mol. The van der Waals surface area contributed by atoms with Crippen molar-refractivity contribution < 1.29 is 19.3 Å². The van der Waals surface area contributed by atoms with E-state index in [1.54, 1.807) is 6.08 Å². The Bertz CT molecular complexity index is 499. The Balaban J connectivity index is 1.74. The third-order valence-electron chi connectivity index (χ3n) is 3.78. The first-order chi connectivity index (χ1) is 10.3. The number of hydrogen-bond donors (Lipinski definition) is 1. The van der Waals surface area contributed by atoms with Gasteiger partial charge in [-0.15, -0.1) is 6.58 Å². The highest BCUT2D eigenvalue weighted by Gasteiger charge is 2.35. The molecule has 0 saturated carbocycles. The number of benzene rings is 1. The third-order valence-corrected chi connectivity index (χ3v) is 3.78. The zero-order valence-electron chi connectivity index (χ0n) is 11.8. The van der Waals surface area contributed by atoms with Crippen LogP contribution in [0.5, 0.6) is 0 Å². The highest BCUT2D eigenvalue weighted by Crippen LogP contribution is 2.30. The molecule has 2 aliphatic rings. The fraction of sp³-hybridized carbons (Fsp3) is 0.412. The van der Waals surface area contributed by atoms with Gasteiger partial charge in [0.25, 0.3) is 0 Å². The van der Waals surface area contributed by atoms with Gasteiger partial charge in [0.05, 0.1) is 12.7 Å². The summed E-state index contributed by atoms with van der Waals surface area (Å²) < 4.78 is 17.6. The van der Waals surface area contributed by atoms with Crippen molar-refractivity contribution in [1.82, 2.24) is 0 Å². The molecule has 0 bridgehead atoms. The summed E-state index contributed by atoms with van der Waals surface area (Å²) in [5, 5.41) is 9.97. The molecular formula is C17H20O4. The molecule has 4 nitrogen and oxygen atoms in total. The summed E-state index contributed by atoms with van der Waals surface area (Å²) in [6.45, 7) is 4.14. The van der Waals surface area contributed by atoms with Crippen LogP contribution in [0.3, 0.4) is 0 Å². The van der Waals surface area contributed by atoms with Gasteiger partial charge in [-0.2, -0.15) is 0 Å². The van der Waals surface area contributed by atoms with Gasteiger partial charge in [0.2, 0.25) is 0 Å². The van der Waals surface area contributed by atoms with Gasteiger partial charge in [-0.05, 0) is 6.42 Å². The fourth-order valence-corrected chi connectivity index (χ4v) is 2.61. The van der Waals surface area contributed by atoms with Crippen molar-refractivity contribution >= 4 is 0 Å². The molecule has 0 unspecified atom stereocenters. The molecule has 1 aromatic rings. The lowest BCUT2D eigenvalue weighted by molar-refractivity contribution is -0.263. The van der Waals surface area contributed by atoms with Crippen molar-refractivity contribution in [3.63, 3.8) is 0 Å². The smallest absolute Gasteiger partial charge is 0.184 e. The molecule has 0 aliphatic carbocycles. The zero-order valence-corrected chi connectivity index (χ0v) is 11.8. The van der Waals surface area contributed by atoms with Crippen LogP contribution in [-0.2, 0) is 14.2 Å². The second-order valence-corrected chi connectivity index (χ2v) is 5.28. The van der Waals surface area contributed by atoms with Crippen LogP contribution >= 0.6 is 0 Å². The van der Waals surface area contributed by atoms with E-state index in [0.29, 0.717) is 13.0 Å². The average molecular weight is 288 g/mol. The molecule has 1 aromatic carbocycles. The van der Waals surface area contributed by atoms with Gasteiger partial charge < -0.3 is 19.3 Å². The molecule has 0 spiro atoms. The third kappa shape index (κ3) is 3.24. The Morgan fingerprint density at radius 3 is 2.76 bits per heavy atom. The van der Waals surface area contributed by atoms with E-state index < -0.39 is 12.2 Å². The summed E-state index contributed by atoms with van der Waals surface area (Å²) in [5.74, 6) is 0. The Morgan fingerprint density at radius 2 is 2.00 bits per heavy atom. The van der Waals surface area contributed by atoms with Crippen molar-refractivity contribution in [3.8, 4) is 0 Å². The maximum absolute atomic E-state index is 9.97. The maximum Gasteiger partial charge on any atom is 0.184 e. The zero-order chi connectivity index (χ0) is 14.7. The molecule has 1 saturated heterocycles. The number of ether oxygens (including phenoxy) is 3. The van der Waals surface area contributed by atoms with E-state index in [9.17, 15) is 5.11 Å². The molecule has 21 heavy (non-hydrogen) atoms. The average Bonchev–Trinajstić information content (AvgIpc) is 2.52. The van der Waals surface area contributed by atoms with Crippen LogP contribution < -0.4 is 0 Å². The predicted octanol–water partition coefficient (Wildman–Crippen LogP) is 2.36. The number of hydrogen-bond acceptors (Lipinski definition) is 4. The lowest BCUT2D eigenvalue weighted by Gasteiger charge is -2.38. The largest absolute Gasteiger partial charge is 0.390 e. The van der Waals surface area contributed by atoms with Gasteiger partial charge in [-0.1, -0.05) is 48.6 Å². The lowest BCUT2D eigenvalue weighted by Crippen LogP contribution is -2.45. The summed E-state index contributed by atoms with van der Waals surface area (Å²) >= 11 is 0. The highest BCUT2D eigenvalue weighted by atomic mass is 16.7. The van der Waals surface area contributed by atoms with E-state index in [1.165, 1.54) is 0 Å². The van der Waals surface area contributed by atoms with E-state index in [1.807, 2.05) is 42.5 Å². The van der Waals surface area contributed by atoms with Gasteiger partial charge >= 0.3 is 0 Å². The van der Waals surface area contributed by atoms with E-state index in [4.69, 9.17) is 14.2 Å². The summed E-state index contributed by atoms with van der Waals surface area (Å²) in [5.41, 5.74) is 0.992. The standard InChI is InChI=1S/C17H20O4/c1-2-14-13(18)9-6-10-15-16(20-14)11-19-17(21-15)12-7-4-3-5-8-12/h2-8,10,13-18H,1,9,11H2/b10-6-/t13-,14+,15+,16-,17-/m1/s1. The van der Waals surface area contributed by atoms with E-state index in [2.05, 4.69) is 6.58 Å². The van der Waals surface area contributed by atoms with Crippen LogP contribution in [0.4, 0.5) is 0 Å². The molecule has 0 amide bonds. The fourth-order valence-electron chi connectivity index (χ4n) is 2.61. The van der Waals surface area contributed by atoms with Gasteiger partial charge in [0.15, 0.2) is 6.29 Å². The van der Waals surface area contributed by atoms with Crippen LogP contribution in [-0.4, -0.2) is 36.1 Å². The first kappa shape index (κ1) is 14.5. The number of aliphatic hydroxyl groups excluding tert-OH is 1. The first-order valence-corrected chi connectivity index (χ1v) is 7.22. The van der Waals surface area contributed by atoms with Gasteiger partial charge in [-0.3, -0.25) is 0 Å². The molecular weight excluding hydrogens is 268 g/mol. The van der Waals surface area contributed by atoms with Crippen LogP contribution in [0.25, 0.3) is 0 Å². The minimum absolute atomic E-state index is 0.182. The van der Waals surface area contributed by atoms with Gasteiger partial charge in [-0.25, -0.2) is 0 Å². The number of rotatable bonds is 2. The molecule has 3 rings (SSSR count). The molecule has 1 N–H and O–H groups in total. The Hall–Kier alpha value is -1.46. The van der Waals surface area contributed by atoms with Crippen molar-refractivity contribution in [3.05, 3.63) is 60.7 Å². The summed E-state index contributed by atoms with van der Waals surface area (Å²) in [6.07, 6.45) is 4.27. The topological polar surface area (TPSA) is 47.9 Å². The molecule has 1 fully saturated rings. The minimum Gasteiger partial charge on any atom is -0.390 e. The molecule has 5 atom stereocenters. The quantitative estimate of drug-likeness (QED) is 0.849. The van der Waals surface area contributed by atoms with Crippen LogP contribution in [0, 0.1) is 0 Å². The lowest BCUT2D eigenvalue weighted by atomic mass is 10.0. The van der Waals surface area contributed by atoms with Crippen molar-refractivity contribution in [2.24, 2.45) is 0 Å². The second-order valence-electron chi connectivity index (χ2n) is 5.28. The summed E-state index contributed by atoms with van der Waals surface area (Å²) in [6, 6.07) is 9.85. The minimum atomic E-state index is -0.577. The van der Waals surface area contributed by atoms with Gasteiger partial charge in [0, 0.05) is 5.56 Å². The van der Waals surface area contributed by atoms with Crippen LogP contribution in [0.2, 0.25) is 0 Å². The van der Waals surface area contributed by atoms with E-state index >= 15 is 0 Å². The molecule has 2 heterocycles. The normalized spacial score (nSPS) is 37.9. The molecule has 4 heteroatoms. The molecule has 0 radical (unpaired) electrons. The van der Waals surface area contributed by atoms with Gasteiger partial charge in [0.1, 0.15) is 18.3 Å². The Kier molecular flexibility index (Phi) is 4.51. The first-order valence-electron chi connectivity index (χ1n) is 7.22. The van der Waals surface area contributed by atoms with Crippen molar-refractivity contribution in [1.29, 1.82) is 0 Å². The van der Waals surface area contributed by atoms with E-state index in [0.717, 1.165) is 5.56 Å². The number of aliphatic hydroxyl groups is 1. The second kappa shape index (κ2) is 6.54. The maximum atomic E-state index is 9.97. The Labute approximate surface area is 124 Å². The monoisotopic (exact) mass is 288 g/mol. The van der Waals surface area contributed by atoms with Crippen molar-refractivity contribution in [2.45, 2.75) is 37.1 Å². The molecule has 112 valence electrons. The summed E-state index contributed by atoms with van der Waals surface area (Å²) in [4.78, 5) is 0. The molecule has 2 aliphatic heterocycles. The summed E-state index contributed by atoms with van der Waals surface area (Å²) in [7, 11) is 0. The van der Waals surface area contributed by atoms with Crippen LogP contribution in [0.15, 0.2) is 55.1 Å². The van der Waals surface area contributed by atoms with Crippen molar-refractivity contribution in [2.75, 3.05) is 6.61 Å². The molecule has 0 aromatic heterocycles. The highest BCUT2D eigenvalue weighted by molar-refractivity contribution is 5.17. The van der Waals surface area contributed by atoms with E-state index in [-0.39, 0.29) is 18.5 Å². The van der Waals surface area contributed by atoms with Crippen LogP contribution in [0.1, 0.15) is 18.3 Å². The SMILES string of the molecule is C=C[C@@H]1O[C@@H]2CO[C@@H](c3ccccc3)O[C@H]2/C=C\C[C@H]1O. The number of fused-ring (bicyclic) bond motifs is 1.